The van der Waals surface area contributed by atoms with Crippen LogP contribution < -0.4 is 10.1 Å². The van der Waals surface area contributed by atoms with E-state index in [-0.39, 0.29) is 12.2 Å². The Morgan fingerprint density at radius 3 is 2.69 bits per heavy atom. The van der Waals surface area contributed by atoms with Gasteiger partial charge in [0.1, 0.15) is 16.3 Å². The van der Waals surface area contributed by atoms with Crippen molar-refractivity contribution in [3.63, 3.8) is 0 Å². The summed E-state index contributed by atoms with van der Waals surface area (Å²) in [4.78, 5) is 19.9. The smallest absolute Gasteiger partial charge is 0.433 e. The minimum absolute atomic E-state index is 0.130. The molecule has 0 saturated carbocycles. The number of thiazole rings is 1. The number of benzene rings is 1. The normalized spacial score (nSPS) is 11.6. The van der Waals surface area contributed by atoms with Gasteiger partial charge in [-0.3, -0.25) is 4.79 Å². The van der Waals surface area contributed by atoms with Crippen LogP contribution in [0.2, 0.25) is 0 Å². The van der Waals surface area contributed by atoms with E-state index in [4.69, 9.17) is 9.84 Å². The van der Waals surface area contributed by atoms with Gasteiger partial charge in [0.25, 0.3) is 5.91 Å². The topological polar surface area (TPSA) is 84.3 Å². The summed E-state index contributed by atoms with van der Waals surface area (Å²) in [5, 5.41) is 12.2. The Morgan fingerprint density at radius 2 is 2.04 bits per heavy atom. The second-order valence-corrected chi connectivity index (χ2v) is 6.27. The van der Waals surface area contributed by atoms with E-state index >= 15 is 0 Å². The fourth-order valence-corrected chi connectivity index (χ4v) is 3.05. The van der Waals surface area contributed by atoms with E-state index < -0.39 is 23.7 Å². The highest BCUT2D eigenvalue weighted by Crippen LogP contribution is 2.31. The van der Waals surface area contributed by atoms with E-state index in [0.29, 0.717) is 22.3 Å². The summed E-state index contributed by atoms with van der Waals surface area (Å²) >= 11 is 1.32. The number of hydrogen-bond acceptors (Lipinski definition) is 6. The number of aliphatic hydroxyl groups excluding tert-OH is 1. The first-order chi connectivity index (χ1) is 12.3. The maximum atomic E-state index is 12.7. The lowest BCUT2D eigenvalue weighted by Crippen LogP contribution is -2.16. The zero-order valence-electron chi connectivity index (χ0n) is 13.3. The minimum Gasteiger partial charge on any atom is -0.480 e. The molecule has 2 heterocycles. The quantitative estimate of drug-likeness (QED) is 0.721. The van der Waals surface area contributed by atoms with Crippen LogP contribution in [0.1, 0.15) is 21.1 Å². The lowest BCUT2D eigenvalue weighted by atomic mass is 10.2. The van der Waals surface area contributed by atoms with Gasteiger partial charge in [-0.2, -0.15) is 13.2 Å². The van der Waals surface area contributed by atoms with E-state index in [1.54, 1.807) is 18.2 Å². The third kappa shape index (κ3) is 3.60. The molecule has 26 heavy (non-hydrogen) atoms. The number of methoxy groups -OCH3 is 1. The number of carbonyl (C=O) groups excluding carboxylic acids is 1. The van der Waals surface area contributed by atoms with Gasteiger partial charge >= 0.3 is 6.18 Å². The van der Waals surface area contributed by atoms with Gasteiger partial charge in [-0.05, 0) is 30.3 Å². The maximum absolute atomic E-state index is 12.7. The maximum Gasteiger partial charge on any atom is 0.433 e. The van der Waals surface area contributed by atoms with Crippen LogP contribution in [0.5, 0.6) is 5.88 Å². The van der Waals surface area contributed by atoms with Gasteiger partial charge in [0, 0.05) is 5.69 Å². The Labute approximate surface area is 149 Å². The van der Waals surface area contributed by atoms with Crippen molar-refractivity contribution < 1.29 is 27.8 Å². The predicted molar refractivity (Wildman–Crippen MR) is 89.3 cm³/mol. The van der Waals surface area contributed by atoms with Crippen molar-refractivity contribution in [3.8, 4) is 5.88 Å². The third-order valence-electron chi connectivity index (χ3n) is 3.41. The van der Waals surface area contributed by atoms with Crippen molar-refractivity contribution in [2.45, 2.75) is 12.8 Å². The molecular weight excluding hydrogens is 371 g/mol. The zero-order valence-corrected chi connectivity index (χ0v) is 14.1. The van der Waals surface area contributed by atoms with Crippen molar-refractivity contribution in [2.75, 3.05) is 12.4 Å². The first kappa shape index (κ1) is 18.1. The monoisotopic (exact) mass is 383 g/mol. The first-order valence-electron chi connectivity index (χ1n) is 7.25. The summed E-state index contributed by atoms with van der Waals surface area (Å²) in [6, 6.07) is 6.68. The minimum atomic E-state index is -4.64. The highest BCUT2D eigenvalue weighted by molar-refractivity contribution is 7.18. The summed E-state index contributed by atoms with van der Waals surface area (Å²) in [5.74, 6) is -1.09. The van der Waals surface area contributed by atoms with Gasteiger partial charge in [0.2, 0.25) is 5.88 Å². The molecule has 0 aliphatic heterocycles. The van der Waals surface area contributed by atoms with Crippen molar-refractivity contribution >= 4 is 33.1 Å². The van der Waals surface area contributed by atoms with E-state index in [0.717, 1.165) is 17.9 Å². The Hall–Kier alpha value is -2.72. The van der Waals surface area contributed by atoms with Gasteiger partial charge in [0.15, 0.2) is 0 Å². The highest BCUT2D eigenvalue weighted by atomic mass is 32.1. The zero-order chi connectivity index (χ0) is 18.9. The number of nitrogens with one attached hydrogen (secondary N) is 1. The van der Waals surface area contributed by atoms with Crippen molar-refractivity contribution in [1.82, 2.24) is 9.97 Å². The van der Waals surface area contributed by atoms with E-state index in [1.165, 1.54) is 11.3 Å². The molecule has 1 aromatic carbocycles. The summed E-state index contributed by atoms with van der Waals surface area (Å²) in [7, 11) is 1.14. The molecular formula is C16H12F3N3O3S. The molecule has 2 N–H and O–H groups in total. The van der Waals surface area contributed by atoms with Crippen LogP contribution >= 0.6 is 11.3 Å². The van der Waals surface area contributed by atoms with Crippen LogP contribution in [0.15, 0.2) is 30.3 Å². The molecule has 0 spiro atoms. The molecule has 136 valence electrons. The van der Waals surface area contributed by atoms with Crippen LogP contribution in [0.4, 0.5) is 18.9 Å². The number of carbonyl (C=O) groups is 1. The van der Waals surface area contributed by atoms with Crippen molar-refractivity contribution in [2.24, 2.45) is 0 Å². The largest absolute Gasteiger partial charge is 0.480 e. The van der Waals surface area contributed by atoms with Crippen LogP contribution in [-0.4, -0.2) is 28.1 Å². The van der Waals surface area contributed by atoms with Gasteiger partial charge in [-0.15, -0.1) is 11.3 Å². The second-order valence-electron chi connectivity index (χ2n) is 5.15. The number of aromatic nitrogens is 2. The predicted octanol–water partition coefficient (Wildman–Crippen LogP) is 3.46. The molecule has 2 aromatic heterocycles. The number of aliphatic hydroxyl groups is 1. The lowest BCUT2D eigenvalue weighted by molar-refractivity contribution is -0.141. The Morgan fingerprint density at radius 1 is 1.27 bits per heavy atom. The van der Waals surface area contributed by atoms with E-state index in [9.17, 15) is 18.0 Å². The van der Waals surface area contributed by atoms with Gasteiger partial charge in [-0.1, -0.05) is 0 Å². The van der Waals surface area contributed by atoms with Gasteiger partial charge in [-0.25, -0.2) is 9.97 Å². The molecule has 6 nitrogen and oxygen atoms in total. The number of rotatable bonds is 4. The molecule has 0 saturated heterocycles. The van der Waals surface area contributed by atoms with Crippen LogP contribution in [0.3, 0.4) is 0 Å². The molecule has 0 aliphatic rings. The fourth-order valence-electron chi connectivity index (χ4n) is 2.25. The SMILES string of the molecule is COc1nc(C(F)(F)F)ccc1C(=O)Nc1ccc2sc(CO)nc2c1. The van der Waals surface area contributed by atoms with Crippen LogP contribution in [0.25, 0.3) is 10.2 Å². The van der Waals surface area contributed by atoms with Gasteiger partial charge in [0.05, 0.1) is 23.9 Å². The number of halogens is 3. The molecule has 0 aliphatic carbocycles. The average Bonchev–Trinajstić information content (AvgIpc) is 3.02. The Bertz CT molecular complexity index is 972. The molecule has 0 unspecified atom stereocenters. The lowest BCUT2D eigenvalue weighted by Gasteiger charge is -2.11. The van der Waals surface area contributed by atoms with Crippen LogP contribution in [0, 0.1) is 0 Å². The number of amides is 1. The molecule has 0 bridgehead atoms. The third-order valence-corrected chi connectivity index (χ3v) is 4.43. The highest BCUT2D eigenvalue weighted by Gasteiger charge is 2.33. The van der Waals surface area contributed by atoms with E-state index in [2.05, 4.69) is 15.3 Å². The number of pyridine rings is 1. The average molecular weight is 383 g/mol. The van der Waals surface area contributed by atoms with Crippen molar-refractivity contribution in [3.05, 3.63) is 46.6 Å². The standard InChI is InChI=1S/C16H12F3N3O3S/c1-25-15-9(3-5-12(22-15)16(17,18)19)14(24)20-8-2-4-11-10(6-8)21-13(7-23)26-11/h2-6,23H,7H2,1H3,(H,20,24). The fraction of sp³-hybridized carbons (Fsp3) is 0.188. The number of nitrogens with zero attached hydrogens (tertiary/aromatic N) is 2. The Kier molecular flexibility index (Phi) is 4.79. The summed E-state index contributed by atoms with van der Waals surface area (Å²) in [5.41, 5.74) is -0.283. The Balaban J connectivity index is 1.87. The second kappa shape index (κ2) is 6.89. The molecule has 3 aromatic rings. The summed E-state index contributed by atoms with van der Waals surface area (Å²) in [6.45, 7) is -0.185. The van der Waals surface area contributed by atoms with Crippen molar-refractivity contribution in [1.29, 1.82) is 0 Å². The summed E-state index contributed by atoms with van der Waals surface area (Å²) < 4.78 is 43.8. The molecule has 0 atom stereocenters. The van der Waals surface area contributed by atoms with E-state index in [1.807, 2.05) is 0 Å². The molecule has 3 rings (SSSR count). The molecule has 1 amide bonds. The number of anilines is 1. The van der Waals surface area contributed by atoms with Crippen LogP contribution in [-0.2, 0) is 12.8 Å². The molecule has 0 radical (unpaired) electrons. The number of ether oxygens (including phenoxy) is 1. The number of fused-ring (bicyclic) bond motifs is 1. The number of hydrogen-bond donors (Lipinski definition) is 2. The van der Waals surface area contributed by atoms with Gasteiger partial charge < -0.3 is 15.2 Å². The number of alkyl halides is 3. The molecule has 0 fully saturated rings. The molecule has 10 heteroatoms. The summed E-state index contributed by atoms with van der Waals surface area (Å²) in [6.07, 6.45) is -4.64. The first-order valence-corrected chi connectivity index (χ1v) is 8.07.